The van der Waals surface area contributed by atoms with Crippen LogP contribution in [-0.2, 0) is 5.60 Å². The Balaban J connectivity index is 2.67. The summed E-state index contributed by atoms with van der Waals surface area (Å²) in [6, 6.07) is 8.67. The van der Waals surface area contributed by atoms with Crippen molar-refractivity contribution in [2.75, 3.05) is 20.1 Å². The fraction of sp³-hybridized carbons (Fsp3) is 0.500. The molecule has 0 aliphatic carbocycles. The second-order valence-electron chi connectivity index (χ2n) is 4.43. The lowest BCUT2D eigenvalue weighted by Crippen LogP contribution is -2.41. The maximum atomic E-state index is 12.2. The van der Waals surface area contributed by atoms with E-state index in [4.69, 9.17) is 0 Å². The molecule has 1 N–H and O–H groups in total. The van der Waals surface area contributed by atoms with Crippen LogP contribution in [0.3, 0.4) is 0 Å². The van der Waals surface area contributed by atoms with Crippen molar-refractivity contribution in [2.24, 2.45) is 0 Å². The van der Waals surface area contributed by atoms with Gasteiger partial charge in [-0.2, -0.15) is 13.2 Å². The third kappa shape index (κ3) is 4.75. The maximum absolute atomic E-state index is 12.2. The van der Waals surface area contributed by atoms with E-state index in [-0.39, 0.29) is 6.54 Å². The number of hydrogen-bond donors (Lipinski definition) is 1. The summed E-state index contributed by atoms with van der Waals surface area (Å²) in [5.41, 5.74) is -0.685. The van der Waals surface area contributed by atoms with Crippen molar-refractivity contribution in [3.63, 3.8) is 0 Å². The van der Waals surface area contributed by atoms with E-state index in [0.29, 0.717) is 5.56 Å². The lowest BCUT2D eigenvalue weighted by molar-refractivity contribution is -0.148. The predicted molar refractivity (Wildman–Crippen MR) is 59.6 cm³/mol. The van der Waals surface area contributed by atoms with E-state index in [1.54, 1.807) is 30.3 Å². The summed E-state index contributed by atoms with van der Waals surface area (Å²) in [6.45, 7) is 0.404. The molecular weight excluding hydrogens is 231 g/mol. The van der Waals surface area contributed by atoms with Crippen LogP contribution in [0.1, 0.15) is 12.5 Å². The average Bonchev–Trinajstić information content (AvgIpc) is 2.15. The van der Waals surface area contributed by atoms with Crippen molar-refractivity contribution in [3.8, 4) is 0 Å². The number of aliphatic hydroxyl groups is 1. The molecule has 17 heavy (non-hydrogen) atoms. The normalized spacial score (nSPS) is 15.9. The minimum Gasteiger partial charge on any atom is -0.384 e. The van der Waals surface area contributed by atoms with Gasteiger partial charge in [-0.05, 0) is 19.5 Å². The summed E-state index contributed by atoms with van der Waals surface area (Å²) in [4.78, 5) is 1.06. The first-order chi connectivity index (χ1) is 7.71. The van der Waals surface area contributed by atoms with Gasteiger partial charge in [0, 0.05) is 6.54 Å². The molecule has 2 nitrogen and oxygen atoms in total. The molecule has 1 atom stereocenters. The standard InChI is InChI=1S/C12H16F3NO/c1-11(17,10-6-4-3-5-7-10)8-16(2)9-12(13,14)15/h3-7,17H,8-9H2,1-2H3. The molecule has 0 aliphatic rings. The van der Waals surface area contributed by atoms with Gasteiger partial charge in [0.2, 0.25) is 0 Å². The summed E-state index contributed by atoms with van der Waals surface area (Å²) in [6.07, 6.45) is -4.25. The molecule has 0 bridgehead atoms. The monoisotopic (exact) mass is 247 g/mol. The van der Waals surface area contributed by atoms with E-state index < -0.39 is 18.3 Å². The van der Waals surface area contributed by atoms with E-state index in [0.717, 1.165) is 4.90 Å². The van der Waals surface area contributed by atoms with Crippen molar-refractivity contribution in [3.05, 3.63) is 35.9 Å². The summed E-state index contributed by atoms with van der Waals surface area (Å²) >= 11 is 0. The van der Waals surface area contributed by atoms with E-state index in [1.165, 1.54) is 14.0 Å². The van der Waals surface area contributed by atoms with Gasteiger partial charge in [-0.25, -0.2) is 0 Å². The number of hydrogen-bond acceptors (Lipinski definition) is 2. The van der Waals surface area contributed by atoms with Crippen molar-refractivity contribution in [1.82, 2.24) is 4.90 Å². The van der Waals surface area contributed by atoms with Gasteiger partial charge in [-0.15, -0.1) is 0 Å². The molecule has 1 aromatic carbocycles. The molecule has 0 amide bonds. The van der Waals surface area contributed by atoms with Crippen LogP contribution in [0.25, 0.3) is 0 Å². The number of halogens is 3. The molecular formula is C12H16F3NO. The molecule has 0 aromatic heterocycles. The molecule has 5 heteroatoms. The smallest absolute Gasteiger partial charge is 0.384 e. The topological polar surface area (TPSA) is 23.5 Å². The molecule has 1 aromatic rings. The van der Waals surface area contributed by atoms with Crippen LogP contribution in [0, 0.1) is 0 Å². The predicted octanol–water partition coefficient (Wildman–Crippen LogP) is 2.39. The maximum Gasteiger partial charge on any atom is 0.401 e. The van der Waals surface area contributed by atoms with Crippen molar-refractivity contribution >= 4 is 0 Å². The van der Waals surface area contributed by atoms with Crippen molar-refractivity contribution in [1.29, 1.82) is 0 Å². The molecule has 0 saturated heterocycles. The zero-order valence-electron chi connectivity index (χ0n) is 9.83. The number of likely N-dealkylation sites (N-methyl/N-ethyl adjacent to an activating group) is 1. The van der Waals surface area contributed by atoms with Gasteiger partial charge in [-0.1, -0.05) is 30.3 Å². The molecule has 0 heterocycles. The third-order valence-electron chi connectivity index (χ3n) is 2.42. The van der Waals surface area contributed by atoms with Gasteiger partial charge in [-0.3, -0.25) is 4.90 Å². The van der Waals surface area contributed by atoms with Crippen LogP contribution in [0.2, 0.25) is 0 Å². The van der Waals surface area contributed by atoms with E-state index >= 15 is 0 Å². The van der Waals surface area contributed by atoms with E-state index in [2.05, 4.69) is 0 Å². The number of benzene rings is 1. The van der Waals surface area contributed by atoms with Crippen LogP contribution in [0.15, 0.2) is 30.3 Å². The van der Waals surface area contributed by atoms with Gasteiger partial charge in [0.05, 0.1) is 12.1 Å². The minimum absolute atomic E-state index is 0.0729. The van der Waals surface area contributed by atoms with E-state index in [9.17, 15) is 18.3 Å². The second kappa shape index (κ2) is 5.06. The fourth-order valence-corrected chi connectivity index (χ4v) is 1.78. The highest BCUT2D eigenvalue weighted by molar-refractivity contribution is 5.21. The molecule has 0 spiro atoms. The largest absolute Gasteiger partial charge is 0.401 e. The molecule has 1 unspecified atom stereocenters. The molecule has 1 rings (SSSR count). The first kappa shape index (κ1) is 14.0. The summed E-state index contributed by atoms with van der Waals surface area (Å²) in [5, 5.41) is 10.1. The Morgan fingerprint density at radius 1 is 1.12 bits per heavy atom. The molecule has 0 aliphatic heterocycles. The third-order valence-corrected chi connectivity index (χ3v) is 2.42. The summed E-state index contributed by atoms with van der Waals surface area (Å²) < 4.78 is 36.5. The average molecular weight is 247 g/mol. The van der Waals surface area contributed by atoms with Gasteiger partial charge in [0.1, 0.15) is 0 Å². The zero-order valence-corrected chi connectivity index (χ0v) is 9.83. The van der Waals surface area contributed by atoms with E-state index in [1.807, 2.05) is 0 Å². The van der Waals surface area contributed by atoms with Crippen LogP contribution >= 0.6 is 0 Å². The highest BCUT2D eigenvalue weighted by Gasteiger charge is 2.32. The van der Waals surface area contributed by atoms with Gasteiger partial charge >= 0.3 is 6.18 Å². The van der Waals surface area contributed by atoms with Crippen molar-refractivity contribution in [2.45, 2.75) is 18.7 Å². The van der Waals surface area contributed by atoms with Gasteiger partial charge < -0.3 is 5.11 Å². The Labute approximate surface area is 98.7 Å². The Morgan fingerprint density at radius 3 is 2.12 bits per heavy atom. The van der Waals surface area contributed by atoms with Gasteiger partial charge in [0.15, 0.2) is 0 Å². The lowest BCUT2D eigenvalue weighted by atomic mass is 9.95. The second-order valence-corrected chi connectivity index (χ2v) is 4.43. The molecule has 0 saturated carbocycles. The van der Waals surface area contributed by atoms with Crippen molar-refractivity contribution < 1.29 is 18.3 Å². The van der Waals surface area contributed by atoms with Crippen LogP contribution in [0.5, 0.6) is 0 Å². The lowest BCUT2D eigenvalue weighted by Gasteiger charge is -2.29. The van der Waals surface area contributed by atoms with Crippen LogP contribution in [0.4, 0.5) is 13.2 Å². The molecule has 0 radical (unpaired) electrons. The Hall–Kier alpha value is -1.07. The highest BCUT2D eigenvalue weighted by Crippen LogP contribution is 2.23. The minimum atomic E-state index is -4.25. The first-order valence-electron chi connectivity index (χ1n) is 5.24. The Kier molecular flexibility index (Phi) is 4.16. The summed E-state index contributed by atoms with van der Waals surface area (Å²) in [5.74, 6) is 0. The number of nitrogens with zero attached hydrogens (tertiary/aromatic N) is 1. The number of alkyl halides is 3. The molecule has 0 fully saturated rings. The van der Waals surface area contributed by atoms with Crippen LogP contribution < -0.4 is 0 Å². The number of rotatable bonds is 4. The Morgan fingerprint density at radius 2 is 1.65 bits per heavy atom. The summed E-state index contributed by atoms with van der Waals surface area (Å²) in [7, 11) is 1.34. The Bertz CT molecular complexity index is 349. The van der Waals surface area contributed by atoms with Gasteiger partial charge in [0.25, 0.3) is 0 Å². The van der Waals surface area contributed by atoms with Crippen LogP contribution in [-0.4, -0.2) is 36.3 Å². The molecule has 96 valence electrons. The quantitative estimate of drug-likeness (QED) is 0.883. The fourth-order valence-electron chi connectivity index (χ4n) is 1.78. The SMILES string of the molecule is CN(CC(F)(F)F)CC(C)(O)c1ccccc1. The first-order valence-corrected chi connectivity index (χ1v) is 5.24. The zero-order chi connectivity index (χ0) is 13.1. The highest BCUT2D eigenvalue weighted by atomic mass is 19.4.